The van der Waals surface area contributed by atoms with Gasteiger partial charge >= 0.3 is 0 Å². The largest absolute Gasteiger partial charge is 0.481 e. The van der Waals surface area contributed by atoms with E-state index in [9.17, 15) is 0 Å². The zero-order chi connectivity index (χ0) is 15.5. The standard InChI is InChI=1S/C17H15BrN2O2/c1-11-4-3-5-13(10-11)16-19-17(22-20-16)12(2)21-15-8-6-14(18)7-9-15/h3-10,12H,1-2H3/t12-/m1/s1. The maximum absolute atomic E-state index is 5.81. The summed E-state index contributed by atoms with van der Waals surface area (Å²) >= 11 is 3.40. The van der Waals surface area contributed by atoms with Crippen molar-refractivity contribution in [3.8, 4) is 17.1 Å². The van der Waals surface area contributed by atoms with Gasteiger partial charge in [-0.2, -0.15) is 4.98 Å². The Labute approximate surface area is 137 Å². The minimum absolute atomic E-state index is 0.313. The van der Waals surface area contributed by atoms with Gasteiger partial charge in [-0.15, -0.1) is 0 Å². The summed E-state index contributed by atoms with van der Waals surface area (Å²) < 4.78 is 12.1. The van der Waals surface area contributed by atoms with E-state index in [0.29, 0.717) is 11.7 Å². The van der Waals surface area contributed by atoms with Crippen LogP contribution >= 0.6 is 15.9 Å². The van der Waals surface area contributed by atoms with Crippen LogP contribution in [-0.4, -0.2) is 10.1 Å². The summed E-state index contributed by atoms with van der Waals surface area (Å²) in [5.41, 5.74) is 2.09. The highest BCUT2D eigenvalue weighted by Crippen LogP contribution is 2.24. The minimum atomic E-state index is -0.313. The molecule has 0 N–H and O–H groups in total. The highest BCUT2D eigenvalue weighted by molar-refractivity contribution is 9.10. The van der Waals surface area contributed by atoms with Crippen molar-refractivity contribution in [1.29, 1.82) is 0 Å². The summed E-state index contributed by atoms with van der Waals surface area (Å²) in [6.45, 7) is 3.92. The van der Waals surface area contributed by atoms with Crippen molar-refractivity contribution in [3.05, 3.63) is 64.5 Å². The molecular weight excluding hydrogens is 344 g/mol. The van der Waals surface area contributed by atoms with Crippen LogP contribution in [0.25, 0.3) is 11.4 Å². The van der Waals surface area contributed by atoms with Crippen LogP contribution in [0.15, 0.2) is 57.5 Å². The van der Waals surface area contributed by atoms with Crippen LogP contribution in [0.1, 0.15) is 24.5 Å². The van der Waals surface area contributed by atoms with E-state index in [2.05, 4.69) is 26.1 Å². The molecule has 0 amide bonds. The molecular formula is C17H15BrN2O2. The van der Waals surface area contributed by atoms with E-state index in [4.69, 9.17) is 9.26 Å². The van der Waals surface area contributed by atoms with Crippen molar-refractivity contribution in [2.24, 2.45) is 0 Å². The van der Waals surface area contributed by atoms with Crippen molar-refractivity contribution < 1.29 is 9.26 Å². The maximum atomic E-state index is 5.81. The topological polar surface area (TPSA) is 48.2 Å². The molecule has 0 aliphatic carbocycles. The predicted molar refractivity (Wildman–Crippen MR) is 87.7 cm³/mol. The number of hydrogen-bond donors (Lipinski definition) is 0. The number of aryl methyl sites for hydroxylation is 1. The molecule has 4 nitrogen and oxygen atoms in total. The van der Waals surface area contributed by atoms with Crippen LogP contribution in [0, 0.1) is 6.92 Å². The van der Waals surface area contributed by atoms with Crippen LogP contribution in [0.2, 0.25) is 0 Å². The smallest absolute Gasteiger partial charge is 0.267 e. The molecule has 0 unspecified atom stereocenters. The van der Waals surface area contributed by atoms with Crippen LogP contribution in [-0.2, 0) is 0 Å². The number of nitrogens with zero attached hydrogens (tertiary/aromatic N) is 2. The molecule has 112 valence electrons. The summed E-state index contributed by atoms with van der Waals surface area (Å²) in [6.07, 6.45) is -0.313. The fourth-order valence-electron chi connectivity index (χ4n) is 2.07. The van der Waals surface area contributed by atoms with Crippen molar-refractivity contribution in [2.45, 2.75) is 20.0 Å². The number of rotatable bonds is 4. The van der Waals surface area contributed by atoms with Crippen LogP contribution in [0.4, 0.5) is 0 Å². The summed E-state index contributed by atoms with van der Waals surface area (Å²) in [4.78, 5) is 4.42. The number of hydrogen-bond acceptors (Lipinski definition) is 4. The van der Waals surface area contributed by atoms with Crippen LogP contribution < -0.4 is 4.74 Å². The van der Waals surface area contributed by atoms with Gasteiger partial charge in [0.15, 0.2) is 6.10 Å². The molecule has 0 radical (unpaired) electrons. The van der Waals surface area contributed by atoms with Crippen molar-refractivity contribution >= 4 is 15.9 Å². The Balaban J connectivity index is 1.76. The van der Waals surface area contributed by atoms with Gasteiger partial charge in [0.1, 0.15) is 5.75 Å². The highest BCUT2D eigenvalue weighted by Gasteiger charge is 2.16. The molecule has 22 heavy (non-hydrogen) atoms. The average molecular weight is 359 g/mol. The number of benzene rings is 2. The second kappa shape index (κ2) is 6.32. The monoisotopic (exact) mass is 358 g/mol. The Kier molecular flexibility index (Phi) is 4.24. The molecule has 0 bridgehead atoms. The second-order valence-corrected chi connectivity index (χ2v) is 5.96. The lowest BCUT2D eigenvalue weighted by Gasteiger charge is -2.10. The molecule has 1 atom stereocenters. The normalized spacial score (nSPS) is 12.1. The zero-order valence-corrected chi connectivity index (χ0v) is 13.9. The van der Waals surface area contributed by atoms with Gasteiger partial charge < -0.3 is 9.26 Å². The molecule has 0 spiro atoms. The van der Waals surface area contributed by atoms with E-state index in [-0.39, 0.29) is 6.10 Å². The summed E-state index contributed by atoms with van der Waals surface area (Å²) in [5, 5.41) is 4.03. The van der Waals surface area contributed by atoms with Gasteiger partial charge in [-0.1, -0.05) is 44.8 Å². The van der Waals surface area contributed by atoms with Gasteiger partial charge in [-0.3, -0.25) is 0 Å². The van der Waals surface area contributed by atoms with Gasteiger partial charge in [0, 0.05) is 10.0 Å². The molecule has 0 saturated carbocycles. The first kappa shape index (κ1) is 14.8. The Bertz CT molecular complexity index is 768. The maximum Gasteiger partial charge on any atom is 0.267 e. The molecule has 3 aromatic rings. The molecule has 2 aromatic carbocycles. The molecule has 1 aromatic heterocycles. The van der Waals surface area contributed by atoms with E-state index in [1.807, 2.05) is 62.4 Å². The van der Waals surface area contributed by atoms with Crippen molar-refractivity contribution in [3.63, 3.8) is 0 Å². The van der Waals surface area contributed by atoms with Crippen LogP contribution in [0.5, 0.6) is 5.75 Å². The minimum Gasteiger partial charge on any atom is -0.481 e. The zero-order valence-electron chi connectivity index (χ0n) is 12.3. The third-order valence-corrected chi connectivity index (χ3v) is 3.72. The van der Waals surface area contributed by atoms with E-state index in [1.54, 1.807) is 0 Å². The first-order chi connectivity index (χ1) is 10.6. The van der Waals surface area contributed by atoms with E-state index in [1.165, 1.54) is 0 Å². The van der Waals surface area contributed by atoms with Gasteiger partial charge in [-0.25, -0.2) is 0 Å². The Hall–Kier alpha value is -2.14. The quantitative estimate of drug-likeness (QED) is 0.662. The molecule has 0 saturated heterocycles. The first-order valence-corrected chi connectivity index (χ1v) is 7.74. The Morgan fingerprint density at radius 2 is 1.91 bits per heavy atom. The predicted octanol–water partition coefficient (Wildman–Crippen LogP) is 4.95. The van der Waals surface area contributed by atoms with E-state index in [0.717, 1.165) is 21.3 Å². The fraction of sp³-hybridized carbons (Fsp3) is 0.176. The molecule has 0 fully saturated rings. The van der Waals surface area contributed by atoms with Crippen LogP contribution in [0.3, 0.4) is 0 Å². The molecule has 0 aliphatic heterocycles. The van der Waals surface area contributed by atoms with Crippen molar-refractivity contribution in [2.75, 3.05) is 0 Å². The summed E-state index contributed by atoms with van der Waals surface area (Å²) in [6, 6.07) is 15.6. The number of aromatic nitrogens is 2. The summed E-state index contributed by atoms with van der Waals surface area (Å²) in [7, 11) is 0. The molecule has 3 rings (SSSR count). The Morgan fingerprint density at radius 1 is 1.14 bits per heavy atom. The SMILES string of the molecule is Cc1cccc(-c2noc([C@@H](C)Oc3ccc(Br)cc3)n2)c1. The number of halogens is 1. The van der Waals surface area contributed by atoms with Gasteiger partial charge in [0.2, 0.25) is 5.82 Å². The third kappa shape index (κ3) is 3.36. The Morgan fingerprint density at radius 3 is 2.64 bits per heavy atom. The average Bonchev–Trinajstić information content (AvgIpc) is 3.00. The second-order valence-electron chi connectivity index (χ2n) is 5.04. The third-order valence-electron chi connectivity index (χ3n) is 3.19. The lowest BCUT2D eigenvalue weighted by atomic mass is 10.1. The highest BCUT2D eigenvalue weighted by atomic mass is 79.9. The molecule has 0 aliphatic rings. The molecule has 5 heteroatoms. The molecule has 1 heterocycles. The summed E-state index contributed by atoms with van der Waals surface area (Å²) in [5.74, 6) is 1.79. The van der Waals surface area contributed by atoms with E-state index >= 15 is 0 Å². The van der Waals surface area contributed by atoms with Gasteiger partial charge in [-0.05, 0) is 44.2 Å². The lowest BCUT2D eigenvalue weighted by molar-refractivity contribution is 0.176. The van der Waals surface area contributed by atoms with E-state index < -0.39 is 0 Å². The van der Waals surface area contributed by atoms with Gasteiger partial charge in [0.05, 0.1) is 0 Å². The van der Waals surface area contributed by atoms with Crippen molar-refractivity contribution in [1.82, 2.24) is 10.1 Å². The first-order valence-electron chi connectivity index (χ1n) is 6.95. The van der Waals surface area contributed by atoms with Gasteiger partial charge in [0.25, 0.3) is 5.89 Å². The fourth-order valence-corrected chi connectivity index (χ4v) is 2.33. The lowest BCUT2D eigenvalue weighted by Crippen LogP contribution is -2.03. The number of ether oxygens (including phenoxy) is 1.